The summed E-state index contributed by atoms with van der Waals surface area (Å²) in [5.41, 5.74) is 11.6. The van der Waals surface area contributed by atoms with Crippen LogP contribution < -0.4 is 4.90 Å². The topological polar surface area (TPSA) is 8.17 Å². The molecule has 56 heavy (non-hydrogen) atoms. The lowest BCUT2D eigenvalue weighted by molar-refractivity contribution is 1.18. The molecule has 1 heterocycles. The second-order valence-corrected chi connectivity index (χ2v) is 14.4. The first-order valence-corrected chi connectivity index (χ1v) is 19.8. The maximum atomic E-state index is 3.88. The van der Waals surface area contributed by atoms with E-state index in [1.165, 1.54) is 43.7 Å². The molecule has 0 atom stereocenters. The Hall–Kier alpha value is -6.42. The lowest BCUT2D eigenvalue weighted by atomic mass is 10.0. The summed E-state index contributed by atoms with van der Waals surface area (Å²) < 4.78 is 3.39. The number of nitrogens with zero attached hydrogens (tertiary/aromatic N) is 2. The highest BCUT2D eigenvalue weighted by Gasteiger charge is 2.17. The molecule has 0 aliphatic rings. The molecular weight excluding hydrogens is 745 g/mol. The Bertz CT molecular complexity index is 2680. The van der Waals surface area contributed by atoms with Crippen molar-refractivity contribution in [3.8, 4) is 27.9 Å². The summed E-state index contributed by atoms with van der Waals surface area (Å²) in [6, 6.07) is 67.6. The molecule has 0 aliphatic heterocycles. The van der Waals surface area contributed by atoms with Gasteiger partial charge in [0.1, 0.15) is 0 Å². The number of benzene rings is 8. The normalized spacial score (nSPS) is 10.9. The fourth-order valence-electron chi connectivity index (χ4n) is 7.07. The molecule has 0 fully saturated rings. The summed E-state index contributed by atoms with van der Waals surface area (Å²) in [7, 11) is 0. The van der Waals surface area contributed by atoms with Gasteiger partial charge in [-0.25, -0.2) is 0 Å². The Morgan fingerprint density at radius 2 is 0.946 bits per heavy atom. The average molecular weight is 790 g/mol. The SMILES string of the molecule is Brc1cc(-c2ccc(-n3c4ccccc4c4ccccc43)cc2)cc(N(c2ccc(-c3ccccc3)cc2)c2ccc3ccccc3c2)c1.C/C=C\C.C=CC. The number of rotatable bonds is 6. The third-order valence-electron chi connectivity index (χ3n) is 9.74. The average Bonchev–Trinajstić information content (AvgIpc) is 3.59. The van der Waals surface area contributed by atoms with Gasteiger partial charge in [-0.15, -0.1) is 6.58 Å². The van der Waals surface area contributed by atoms with E-state index < -0.39 is 0 Å². The van der Waals surface area contributed by atoms with Crippen LogP contribution in [0.1, 0.15) is 20.8 Å². The second kappa shape index (κ2) is 17.8. The van der Waals surface area contributed by atoms with Crippen molar-refractivity contribution in [1.82, 2.24) is 4.57 Å². The summed E-state index contributed by atoms with van der Waals surface area (Å²) in [5, 5.41) is 4.97. The Morgan fingerprint density at radius 3 is 1.57 bits per heavy atom. The highest BCUT2D eigenvalue weighted by atomic mass is 79.9. The van der Waals surface area contributed by atoms with Crippen molar-refractivity contribution in [3.63, 3.8) is 0 Å². The van der Waals surface area contributed by atoms with E-state index in [2.05, 4.69) is 220 Å². The largest absolute Gasteiger partial charge is 0.310 e. The molecular formula is C53H45BrN2. The van der Waals surface area contributed by atoms with E-state index in [-0.39, 0.29) is 0 Å². The quantitative estimate of drug-likeness (QED) is 0.152. The molecule has 9 rings (SSSR count). The molecule has 1 aromatic heterocycles. The summed E-state index contributed by atoms with van der Waals surface area (Å²) in [5.74, 6) is 0. The summed E-state index contributed by atoms with van der Waals surface area (Å²) in [6.07, 6.45) is 5.75. The summed E-state index contributed by atoms with van der Waals surface area (Å²) >= 11 is 3.88. The van der Waals surface area contributed by atoms with Gasteiger partial charge in [0.2, 0.25) is 0 Å². The molecule has 0 spiro atoms. The van der Waals surface area contributed by atoms with Gasteiger partial charge in [-0.05, 0) is 121 Å². The monoisotopic (exact) mass is 788 g/mol. The smallest absolute Gasteiger partial charge is 0.0541 e. The fraction of sp³-hybridized carbons (Fsp3) is 0.0566. The standard InChI is InChI=1S/C46H31BrN2.C4H8.C3H6/c47-38-28-37(35-20-25-40(26-21-35)49-45-16-8-6-14-43(45)44-15-7-9-17-46(44)49)30-42(31-38)48(41-27-22-33-12-4-5-13-36(33)29-41)39-23-18-34(19-24-39)32-10-2-1-3-11-32;1-3-4-2;1-3-2/h1-31H;3-4H,1-2H3;3H,1H2,2H3/b;4-3-;. The number of halogens is 1. The van der Waals surface area contributed by atoms with E-state index in [0.717, 1.165) is 38.3 Å². The Kier molecular flexibility index (Phi) is 12.0. The van der Waals surface area contributed by atoms with Gasteiger partial charge in [0.25, 0.3) is 0 Å². The fourth-order valence-corrected chi connectivity index (χ4v) is 7.55. The van der Waals surface area contributed by atoms with Crippen LogP contribution in [0, 0.1) is 0 Å². The Morgan fingerprint density at radius 1 is 0.446 bits per heavy atom. The van der Waals surface area contributed by atoms with E-state index in [0.29, 0.717) is 0 Å². The lowest BCUT2D eigenvalue weighted by Gasteiger charge is -2.27. The molecule has 0 radical (unpaired) electrons. The van der Waals surface area contributed by atoms with Gasteiger partial charge < -0.3 is 9.47 Å². The van der Waals surface area contributed by atoms with Crippen molar-refractivity contribution in [2.24, 2.45) is 0 Å². The van der Waals surface area contributed by atoms with Crippen molar-refractivity contribution < 1.29 is 0 Å². The van der Waals surface area contributed by atoms with Crippen LogP contribution in [0.5, 0.6) is 0 Å². The molecule has 8 aromatic carbocycles. The molecule has 0 saturated carbocycles. The molecule has 0 saturated heterocycles. The molecule has 274 valence electrons. The molecule has 9 aromatic rings. The summed E-state index contributed by atoms with van der Waals surface area (Å²) in [4.78, 5) is 2.35. The zero-order valence-corrected chi connectivity index (χ0v) is 33.7. The number of aromatic nitrogens is 1. The van der Waals surface area contributed by atoms with Crippen LogP contribution >= 0.6 is 15.9 Å². The van der Waals surface area contributed by atoms with Crippen LogP contribution in [0.4, 0.5) is 17.1 Å². The minimum atomic E-state index is 1.03. The predicted molar refractivity (Wildman–Crippen MR) is 248 cm³/mol. The molecule has 0 amide bonds. The zero-order valence-electron chi connectivity index (χ0n) is 32.1. The number of allylic oxidation sites excluding steroid dienone is 3. The second-order valence-electron chi connectivity index (χ2n) is 13.5. The summed E-state index contributed by atoms with van der Waals surface area (Å²) in [6.45, 7) is 9.25. The van der Waals surface area contributed by atoms with E-state index in [1.807, 2.05) is 32.9 Å². The van der Waals surface area contributed by atoms with Crippen LogP contribution in [0.15, 0.2) is 217 Å². The molecule has 0 unspecified atom stereocenters. The van der Waals surface area contributed by atoms with E-state index in [9.17, 15) is 0 Å². The van der Waals surface area contributed by atoms with Gasteiger partial charge in [-0.3, -0.25) is 0 Å². The highest BCUT2D eigenvalue weighted by Crippen LogP contribution is 2.41. The van der Waals surface area contributed by atoms with Crippen LogP contribution in [0.3, 0.4) is 0 Å². The van der Waals surface area contributed by atoms with Gasteiger partial charge in [-0.1, -0.05) is 155 Å². The van der Waals surface area contributed by atoms with E-state index >= 15 is 0 Å². The van der Waals surface area contributed by atoms with Crippen LogP contribution in [0.2, 0.25) is 0 Å². The first-order valence-electron chi connectivity index (χ1n) is 19.0. The minimum Gasteiger partial charge on any atom is -0.310 e. The molecule has 0 bridgehead atoms. The van der Waals surface area contributed by atoms with Crippen molar-refractivity contribution >= 4 is 65.6 Å². The first kappa shape index (κ1) is 37.9. The molecule has 0 N–H and O–H groups in total. The zero-order chi connectivity index (χ0) is 38.9. The van der Waals surface area contributed by atoms with Crippen LogP contribution in [-0.4, -0.2) is 4.57 Å². The number of anilines is 3. The van der Waals surface area contributed by atoms with Crippen molar-refractivity contribution in [1.29, 1.82) is 0 Å². The van der Waals surface area contributed by atoms with Crippen molar-refractivity contribution in [2.75, 3.05) is 4.90 Å². The third kappa shape index (κ3) is 8.15. The lowest BCUT2D eigenvalue weighted by Crippen LogP contribution is -2.10. The first-order chi connectivity index (χ1) is 27.5. The van der Waals surface area contributed by atoms with E-state index in [1.54, 1.807) is 6.08 Å². The maximum Gasteiger partial charge on any atom is 0.0541 e. The Labute approximate surface area is 339 Å². The molecule has 2 nitrogen and oxygen atoms in total. The van der Waals surface area contributed by atoms with Gasteiger partial charge in [0.05, 0.1) is 11.0 Å². The van der Waals surface area contributed by atoms with Crippen molar-refractivity contribution in [2.45, 2.75) is 20.8 Å². The van der Waals surface area contributed by atoms with Crippen molar-refractivity contribution in [3.05, 3.63) is 217 Å². The number of para-hydroxylation sites is 2. The maximum absolute atomic E-state index is 3.88. The van der Waals surface area contributed by atoms with Gasteiger partial charge in [0.15, 0.2) is 0 Å². The van der Waals surface area contributed by atoms with Crippen LogP contribution in [0.25, 0.3) is 60.5 Å². The number of hydrogen-bond acceptors (Lipinski definition) is 1. The predicted octanol–water partition coefficient (Wildman–Crippen LogP) is 16.3. The number of hydrogen-bond donors (Lipinski definition) is 0. The minimum absolute atomic E-state index is 1.03. The molecule has 0 aliphatic carbocycles. The van der Waals surface area contributed by atoms with E-state index in [4.69, 9.17) is 0 Å². The third-order valence-corrected chi connectivity index (χ3v) is 10.2. The van der Waals surface area contributed by atoms with Gasteiger partial charge >= 0.3 is 0 Å². The highest BCUT2D eigenvalue weighted by molar-refractivity contribution is 9.10. The van der Waals surface area contributed by atoms with Crippen LogP contribution in [-0.2, 0) is 0 Å². The Balaban J connectivity index is 0.000000638. The van der Waals surface area contributed by atoms with Gasteiger partial charge in [-0.2, -0.15) is 0 Å². The number of fused-ring (bicyclic) bond motifs is 4. The van der Waals surface area contributed by atoms with Gasteiger partial charge in [0, 0.05) is 38.0 Å². The molecule has 3 heteroatoms.